The van der Waals surface area contributed by atoms with E-state index in [2.05, 4.69) is 22.2 Å². The molecule has 1 aliphatic heterocycles. The lowest BCUT2D eigenvalue weighted by atomic mass is 10.0. The molecule has 2 heterocycles. The van der Waals surface area contributed by atoms with Gasteiger partial charge in [0, 0.05) is 18.0 Å². The number of thiazole rings is 1. The van der Waals surface area contributed by atoms with Crippen LogP contribution in [0.4, 0.5) is 0 Å². The number of aryl methyl sites for hydroxylation is 1. The van der Waals surface area contributed by atoms with E-state index in [4.69, 9.17) is 4.74 Å². The number of rotatable bonds is 6. The number of carboxylic acids is 1. The molecule has 1 fully saturated rings. The van der Waals surface area contributed by atoms with Gasteiger partial charge < -0.3 is 9.84 Å². The Morgan fingerprint density at radius 2 is 2.37 bits per heavy atom. The molecule has 106 valence electrons. The van der Waals surface area contributed by atoms with Crippen molar-refractivity contribution in [3.05, 3.63) is 16.1 Å². The summed E-state index contributed by atoms with van der Waals surface area (Å²) in [6, 6.07) is -0.0470. The van der Waals surface area contributed by atoms with Gasteiger partial charge in [-0.1, -0.05) is 13.8 Å². The Hall–Kier alpha value is -0.980. The molecule has 0 aliphatic carbocycles. The van der Waals surface area contributed by atoms with Gasteiger partial charge in [0.25, 0.3) is 0 Å². The van der Waals surface area contributed by atoms with Gasteiger partial charge in [-0.25, -0.2) is 4.98 Å². The third kappa shape index (κ3) is 3.32. The minimum Gasteiger partial charge on any atom is -0.481 e. The van der Waals surface area contributed by atoms with Crippen LogP contribution in [0.15, 0.2) is 5.38 Å². The van der Waals surface area contributed by atoms with Crippen molar-refractivity contribution >= 4 is 17.3 Å². The summed E-state index contributed by atoms with van der Waals surface area (Å²) in [5.74, 6) is -1.20. The summed E-state index contributed by atoms with van der Waals surface area (Å²) in [6.07, 6.45) is 0.946. The first-order chi connectivity index (χ1) is 9.15. The van der Waals surface area contributed by atoms with Crippen molar-refractivity contribution in [3.8, 4) is 0 Å². The van der Waals surface area contributed by atoms with Gasteiger partial charge in [0.05, 0.1) is 29.8 Å². The number of carboxylic acid groups (broad SMARTS) is 1. The maximum atomic E-state index is 11.2. The van der Waals surface area contributed by atoms with Gasteiger partial charge in [-0.15, -0.1) is 11.3 Å². The Bertz CT molecular complexity index is 435. The minimum absolute atomic E-state index is 0.0470. The van der Waals surface area contributed by atoms with Crippen LogP contribution < -0.4 is 0 Å². The van der Waals surface area contributed by atoms with Gasteiger partial charge in [0.1, 0.15) is 0 Å². The molecular formula is C13H20N2O3S. The first kappa shape index (κ1) is 14.4. The molecule has 0 spiro atoms. The number of aliphatic carboxylic acids is 1. The molecule has 0 radical (unpaired) electrons. The summed E-state index contributed by atoms with van der Waals surface area (Å²) in [7, 11) is 0. The highest BCUT2D eigenvalue weighted by Gasteiger charge is 2.37. The first-order valence-corrected chi connectivity index (χ1v) is 7.51. The second-order valence-corrected chi connectivity index (χ2v) is 5.64. The van der Waals surface area contributed by atoms with E-state index in [-0.39, 0.29) is 6.04 Å². The summed E-state index contributed by atoms with van der Waals surface area (Å²) in [4.78, 5) is 17.9. The first-order valence-electron chi connectivity index (χ1n) is 6.63. The molecule has 0 bridgehead atoms. The fraction of sp³-hybridized carbons (Fsp3) is 0.692. The maximum absolute atomic E-state index is 11.2. The van der Waals surface area contributed by atoms with Crippen LogP contribution in [0, 0.1) is 5.92 Å². The summed E-state index contributed by atoms with van der Waals surface area (Å²) in [5, 5.41) is 12.4. The minimum atomic E-state index is -0.770. The lowest BCUT2D eigenvalue weighted by Gasteiger charge is -2.28. The Balaban J connectivity index is 2.05. The highest BCUT2D eigenvalue weighted by atomic mass is 32.1. The van der Waals surface area contributed by atoms with Crippen molar-refractivity contribution in [2.45, 2.75) is 32.9 Å². The molecule has 0 amide bonds. The zero-order valence-corrected chi connectivity index (χ0v) is 12.2. The monoisotopic (exact) mass is 284 g/mol. The third-order valence-corrected chi connectivity index (χ3v) is 4.55. The molecule has 0 aromatic carbocycles. The molecule has 2 unspecified atom stereocenters. The van der Waals surface area contributed by atoms with E-state index < -0.39 is 11.9 Å². The van der Waals surface area contributed by atoms with E-state index in [1.54, 1.807) is 11.3 Å². The SMILES string of the molecule is CCc1nc(CN(CC)C2COCC2C(=O)O)cs1. The topological polar surface area (TPSA) is 62.7 Å². The third-order valence-electron chi connectivity index (χ3n) is 3.51. The van der Waals surface area contributed by atoms with Crippen LogP contribution in [0.1, 0.15) is 24.5 Å². The van der Waals surface area contributed by atoms with E-state index in [1.807, 2.05) is 6.92 Å². The molecule has 0 saturated carbocycles. The van der Waals surface area contributed by atoms with Gasteiger partial charge >= 0.3 is 5.97 Å². The number of hydrogen-bond acceptors (Lipinski definition) is 5. The van der Waals surface area contributed by atoms with E-state index in [0.717, 1.165) is 23.7 Å². The van der Waals surface area contributed by atoms with E-state index in [9.17, 15) is 9.90 Å². The molecule has 1 aromatic rings. The average molecular weight is 284 g/mol. The van der Waals surface area contributed by atoms with Crippen LogP contribution in [-0.4, -0.2) is 46.8 Å². The summed E-state index contributed by atoms with van der Waals surface area (Å²) in [6.45, 7) is 6.45. The molecule has 5 nitrogen and oxygen atoms in total. The average Bonchev–Trinajstić information content (AvgIpc) is 3.04. The fourth-order valence-electron chi connectivity index (χ4n) is 2.39. The van der Waals surface area contributed by atoms with Crippen LogP contribution in [0.5, 0.6) is 0 Å². The quantitative estimate of drug-likeness (QED) is 0.860. The van der Waals surface area contributed by atoms with Crippen molar-refractivity contribution in [1.82, 2.24) is 9.88 Å². The number of carbonyl (C=O) groups is 1. The second-order valence-electron chi connectivity index (χ2n) is 4.70. The maximum Gasteiger partial charge on any atom is 0.310 e. The molecule has 1 saturated heterocycles. The van der Waals surface area contributed by atoms with Crippen molar-refractivity contribution in [1.29, 1.82) is 0 Å². The molecule has 2 rings (SSSR count). The zero-order chi connectivity index (χ0) is 13.8. The van der Waals surface area contributed by atoms with Crippen LogP contribution in [0.25, 0.3) is 0 Å². The number of ether oxygens (including phenoxy) is 1. The summed E-state index contributed by atoms with van der Waals surface area (Å²) in [5.41, 5.74) is 1.03. The lowest BCUT2D eigenvalue weighted by molar-refractivity contribution is -0.143. The Morgan fingerprint density at radius 3 is 2.95 bits per heavy atom. The number of hydrogen-bond donors (Lipinski definition) is 1. The van der Waals surface area contributed by atoms with Gasteiger partial charge in [-0.05, 0) is 13.0 Å². The van der Waals surface area contributed by atoms with E-state index in [0.29, 0.717) is 19.8 Å². The molecule has 2 atom stereocenters. The predicted octanol–water partition coefficient (Wildman–Crippen LogP) is 1.63. The highest BCUT2D eigenvalue weighted by molar-refractivity contribution is 7.09. The Labute approximate surface area is 117 Å². The largest absolute Gasteiger partial charge is 0.481 e. The molecule has 19 heavy (non-hydrogen) atoms. The highest BCUT2D eigenvalue weighted by Crippen LogP contribution is 2.22. The summed E-state index contributed by atoms with van der Waals surface area (Å²) >= 11 is 1.67. The molecule has 1 N–H and O–H groups in total. The molecule has 1 aliphatic rings. The molecular weight excluding hydrogens is 264 g/mol. The van der Waals surface area contributed by atoms with Gasteiger partial charge in [-0.2, -0.15) is 0 Å². The molecule has 6 heteroatoms. The predicted molar refractivity (Wildman–Crippen MR) is 73.3 cm³/mol. The Morgan fingerprint density at radius 1 is 1.58 bits per heavy atom. The van der Waals surface area contributed by atoms with E-state index in [1.165, 1.54) is 0 Å². The zero-order valence-electron chi connectivity index (χ0n) is 11.3. The molecule has 1 aromatic heterocycles. The fourth-order valence-corrected chi connectivity index (χ4v) is 3.13. The summed E-state index contributed by atoms with van der Waals surface area (Å²) < 4.78 is 5.34. The van der Waals surface area contributed by atoms with Crippen LogP contribution in [0.3, 0.4) is 0 Å². The van der Waals surface area contributed by atoms with Gasteiger partial charge in [0.2, 0.25) is 0 Å². The van der Waals surface area contributed by atoms with Crippen molar-refractivity contribution in [2.24, 2.45) is 5.92 Å². The lowest BCUT2D eigenvalue weighted by Crippen LogP contribution is -2.42. The van der Waals surface area contributed by atoms with Gasteiger partial charge in [-0.3, -0.25) is 9.69 Å². The van der Waals surface area contributed by atoms with E-state index >= 15 is 0 Å². The standard InChI is InChI=1S/C13H20N2O3S/c1-3-12-14-9(8-19-12)5-15(4-2)11-7-18-6-10(11)13(16)17/h8,10-11H,3-7H2,1-2H3,(H,16,17). The van der Waals surface area contributed by atoms with Crippen molar-refractivity contribution in [3.63, 3.8) is 0 Å². The van der Waals surface area contributed by atoms with Crippen molar-refractivity contribution in [2.75, 3.05) is 19.8 Å². The number of nitrogens with zero attached hydrogens (tertiary/aromatic N) is 2. The van der Waals surface area contributed by atoms with Crippen LogP contribution in [-0.2, 0) is 22.5 Å². The smallest absolute Gasteiger partial charge is 0.310 e. The second kappa shape index (κ2) is 6.45. The van der Waals surface area contributed by atoms with Crippen molar-refractivity contribution < 1.29 is 14.6 Å². The normalized spacial score (nSPS) is 23.1. The van der Waals surface area contributed by atoms with Crippen LogP contribution >= 0.6 is 11.3 Å². The number of likely N-dealkylation sites (N-methyl/N-ethyl adjacent to an activating group) is 1. The number of aromatic nitrogens is 1. The van der Waals surface area contributed by atoms with Gasteiger partial charge in [0.15, 0.2) is 0 Å². The Kier molecular flexibility index (Phi) is 4.90. The van der Waals surface area contributed by atoms with Crippen LogP contribution in [0.2, 0.25) is 0 Å².